The fraction of sp³-hybridized carbons (Fsp3) is 0.833. The molecule has 0 unspecified atom stereocenters. The van der Waals surface area contributed by atoms with E-state index in [2.05, 4.69) is 11.4 Å². The topological polar surface area (TPSA) is 12.4 Å². The summed E-state index contributed by atoms with van der Waals surface area (Å²) in [4.78, 5) is 0. The highest BCUT2D eigenvalue weighted by Gasteiger charge is 1.79. The molecule has 8 heavy (non-hydrogen) atoms. The molecule has 0 fully saturated rings. The molecular formula is C6H12ClN. The summed E-state index contributed by atoms with van der Waals surface area (Å²) in [7, 11) is 0. The molecule has 0 atom stereocenters. The molecule has 0 amide bonds. The summed E-state index contributed by atoms with van der Waals surface area (Å²) in [5.41, 5.74) is 0. The Morgan fingerprint density at radius 2 is 2.25 bits per heavy atom. The summed E-state index contributed by atoms with van der Waals surface area (Å²) < 4.78 is 3.35. The second kappa shape index (κ2) is 6.96. The molecule has 0 heterocycles. The van der Waals surface area contributed by atoms with E-state index in [9.17, 15) is 0 Å². The van der Waals surface area contributed by atoms with Crippen LogP contribution in [0.4, 0.5) is 0 Å². The molecule has 48 valence electrons. The predicted molar refractivity (Wildman–Crippen MR) is 38.5 cm³/mol. The Morgan fingerprint density at radius 1 is 1.50 bits per heavy atom. The van der Waals surface area contributed by atoms with Gasteiger partial charge in [0.2, 0.25) is 0 Å². The average Bonchev–Trinajstić information content (AvgIpc) is 1.81. The van der Waals surface area contributed by atoms with Crippen molar-refractivity contribution >= 4 is 18.0 Å². The molecular weight excluding hydrogens is 122 g/mol. The highest BCUT2D eigenvalue weighted by Crippen LogP contribution is 1.96. The van der Waals surface area contributed by atoms with Crippen molar-refractivity contribution in [3.8, 4) is 0 Å². The van der Waals surface area contributed by atoms with Gasteiger partial charge in [0, 0.05) is 18.0 Å². The van der Waals surface area contributed by atoms with Gasteiger partial charge in [0.05, 0.1) is 0 Å². The van der Waals surface area contributed by atoms with E-state index in [-0.39, 0.29) is 0 Å². The molecule has 0 N–H and O–H groups in total. The first kappa shape index (κ1) is 7.96. The zero-order valence-electron chi connectivity index (χ0n) is 5.23. The number of hydrogen-bond donors (Lipinski definition) is 0. The van der Waals surface area contributed by atoms with Crippen molar-refractivity contribution in [3.63, 3.8) is 0 Å². The summed E-state index contributed by atoms with van der Waals surface area (Å²) >= 11 is 5.05. The lowest BCUT2D eigenvalue weighted by atomic mass is 10.2. The van der Waals surface area contributed by atoms with Crippen molar-refractivity contribution in [2.75, 3.05) is 0 Å². The number of nitrogens with zero attached hydrogens (tertiary/aromatic N) is 1. The summed E-state index contributed by atoms with van der Waals surface area (Å²) in [5.74, 6) is 0. The zero-order chi connectivity index (χ0) is 6.24. The van der Waals surface area contributed by atoms with Crippen molar-refractivity contribution in [3.05, 3.63) is 0 Å². The third-order valence-electron chi connectivity index (χ3n) is 1.01. The average molecular weight is 134 g/mol. The van der Waals surface area contributed by atoms with Crippen LogP contribution in [0.1, 0.15) is 32.6 Å². The van der Waals surface area contributed by atoms with Crippen LogP contribution in [0.25, 0.3) is 0 Å². The quantitative estimate of drug-likeness (QED) is 0.413. The standard InChI is InChI=1S/C6H12ClN/c1-2-3-4-5-6-8-7/h6H,2-5H2,1H3. The number of rotatable bonds is 4. The van der Waals surface area contributed by atoms with E-state index in [1.54, 1.807) is 6.21 Å². The van der Waals surface area contributed by atoms with Gasteiger partial charge in [0.15, 0.2) is 0 Å². The largest absolute Gasteiger partial charge is 0.191 e. The lowest BCUT2D eigenvalue weighted by Crippen LogP contribution is -1.74. The maximum atomic E-state index is 5.05. The Bertz CT molecular complexity index is 61.5. The van der Waals surface area contributed by atoms with Crippen molar-refractivity contribution in [1.29, 1.82) is 0 Å². The molecule has 2 heteroatoms. The van der Waals surface area contributed by atoms with E-state index in [0.717, 1.165) is 6.42 Å². The van der Waals surface area contributed by atoms with Gasteiger partial charge in [-0.05, 0) is 12.8 Å². The Hall–Kier alpha value is -0.0400. The van der Waals surface area contributed by atoms with Crippen LogP contribution in [0.2, 0.25) is 0 Å². The first-order valence-electron chi connectivity index (χ1n) is 3.04. The normalized spacial score (nSPS) is 10.8. The molecule has 0 aliphatic heterocycles. The summed E-state index contributed by atoms with van der Waals surface area (Å²) in [6.07, 6.45) is 6.53. The SMILES string of the molecule is CCCCCC=NCl. The van der Waals surface area contributed by atoms with Crippen LogP contribution in [0.15, 0.2) is 4.51 Å². The zero-order valence-corrected chi connectivity index (χ0v) is 5.99. The lowest BCUT2D eigenvalue weighted by Gasteiger charge is -1.87. The Labute approximate surface area is 55.9 Å². The van der Waals surface area contributed by atoms with Gasteiger partial charge >= 0.3 is 0 Å². The third-order valence-corrected chi connectivity index (χ3v) is 1.14. The lowest BCUT2D eigenvalue weighted by molar-refractivity contribution is 0.746. The summed E-state index contributed by atoms with van der Waals surface area (Å²) in [5, 5.41) is 0. The van der Waals surface area contributed by atoms with Crippen LogP contribution < -0.4 is 0 Å². The predicted octanol–water partition coefficient (Wildman–Crippen LogP) is 2.79. The number of hydrogen-bond acceptors (Lipinski definition) is 1. The highest BCUT2D eigenvalue weighted by atomic mass is 35.5. The molecule has 0 bridgehead atoms. The van der Waals surface area contributed by atoms with Gasteiger partial charge in [-0.2, -0.15) is 4.51 Å². The number of unbranched alkanes of at least 4 members (excludes halogenated alkanes) is 3. The molecule has 0 aromatic rings. The van der Waals surface area contributed by atoms with E-state index in [1.807, 2.05) is 0 Å². The van der Waals surface area contributed by atoms with E-state index >= 15 is 0 Å². The molecule has 0 saturated heterocycles. The van der Waals surface area contributed by atoms with Crippen LogP contribution in [-0.2, 0) is 0 Å². The minimum absolute atomic E-state index is 1.03. The smallest absolute Gasteiger partial charge is 0.0361 e. The fourth-order valence-corrected chi connectivity index (χ4v) is 0.632. The van der Waals surface area contributed by atoms with Crippen LogP contribution in [0.5, 0.6) is 0 Å². The van der Waals surface area contributed by atoms with Gasteiger partial charge < -0.3 is 0 Å². The van der Waals surface area contributed by atoms with Crippen LogP contribution >= 0.6 is 11.8 Å². The number of halogens is 1. The van der Waals surface area contributed by atoms with Crippen molar-refractivity contribution < 1.29 is 0 Å². The fourth-order valence-electron chi connectivity index (χ4n) is 0.534. The maximum Gasteiger partial charge on any atom is 0.0361 e. The van der Waals surface area contributed by atoms with Gasteiger partial charge in [-0.15, -0.1) is 0 Å². The molecule has 0 spiro atoms. The van der Waals surface area contributed by atoms with Crippen LogP contribution in [0, 0.1) is 0 Å². The summed E-state index contributed by atoms with van der Waals surface area (Å²) in [6, 6.07) is 0. The molecule has 0 rings (SSSR count). The van der Waals surface area contributed by atoms with Crippen molar-refractivity contribution in [1.82, 2.24) is 0 Å². The molecule has 1 nitrogen and oxygen atoms in total. The maximum absolute atomic E-state index is 5.05. The van der Waals surface area contributed by atoms with Gasteiger partial charge in [0.1, 0.15) is 0 Å². The van der Waals surface area contributed by atoms with Crippen molar-refractivity contribution in [2.24, 2.45) is 4.51 Å². The van der Waals surface area contributed by atoms with Crippen molar-refractivity contribution in [2.45, 2.75) is 32.6 Å². The molecule has 0 aliphatic carbocycles. The second-order valence-corrected chi connectivity index (χ2v) is 1.97. The van der Waals surface area contributed by atoms with Gasteiger partial charge in [-0.25, -0.2) is 0 Å². The Balaban J connectivity index is 2.72. The van der Waals surface area contributed by atoms with E-state index < -0.39 is 0 Å². The monoisotopic (exact) mass is 133 g/mol. The van der Waals surface area contributed by atoms with E-state index in [1.165, 1.54) is 19.3 Å². The molecule has 0 aliphatic rings. The highest BCUT2D eigenvalue weighted by molar-refractivity contribution is 6.17. The molecule has 0 aromatic carbocycles. The van der Waals surface area contributed by atoms with E-state index in [0.29, 0.717) is 0 Å². The molecule has 0 radical (unpaired) electrons. The third kappa shape index (κ3) is 5.96. The first-order chi connectivity index (χ1) is 3.91. The van der Waals surface area contributed by atoms with Crippen LogP contribution in [0.3, 0.4) is 0 Å². The Morgan fingerprint density at radius 3 is 2.75 bits per heavy atom. The minimum Gasteiger partial charge on any atom is -0.191 e. The van der Waals surface area contributed by atoms with E-state index in [4.69, 9.17) is 11.8 Å². The Kier molecular flexibility index (Phi) is 6.93. The molecule has 0 aromatic heterocycles. The first-order valence-corrected chi connectivity index (χ1v) is 3.38. The van der Waals surface area contributed by atoms with Gasteiger partial charge in [-0.1, -0.05) is 19.8 Å². The molecule has 0 saturated carbocycles. The van der Waals surface area contributed by atoms with Gasteiger partial charge in [0.25, 0.3) is 0 Å². The second-order valence-electron chi connectivity index (χ2n) is 1.78. The van der Waals surface area contributed by atoms with Gasteiger partial charge in [-0.3, -0.25) is 0 Å². The minimum atomic E-state index is 1.03. The van der Waals surface area contributed by atoms with Crippen LogP contribution in [-0.4, -0.2) is 6.21 Å². The summed E-state index contributed by atoms with van der Waals surface area (Å²) in [6.45, 7) is 2.18.